The van der Waals surface area contributed by atoms with E-state index in [4.69, 9.17) is 5.73 Å². The van der Waals surface area contributed by atoms with Crippen LogP contribution in [0, 0.1) is 0 Å². The Kier molecular flexibility index (Phi) is 4.85. The van der Waals surface area contributed by atoms with Gasteiger partial charge in [-0.25, -0.2) is 4.79 Å². The first-order valence-corrected chi connectivity index (χ1v) is 5.75. The molecule has 0 aliphatic rings. The van der Waals surface area contributed by atoms with Crippen LogP contribution < -0.4 is 17.0 Å². The van der Waals surface area contributed by atoms with Gasteiger partial charge in [0, 0.05) is 38.9 Å². The molecule has 1 heterocycles. The Morgan fingerprint density at radius 1 is 1.44 bits per heavy atom. The van der Waals surface area contributed by atoms with E-state index in [9.17, 15) is 14.4 Å². The Morgan fingerprint density at radius 2 is 2.11 bits per heavy atom. The highest BCUT2D eigenvalue weighted by Crippen LogP contribution is 1.88. The van der Waals surface area contributed by atoms with Crippen molar-refractivity contribution in [1.82, 2.24) is 14.0 Å². The highest BCUT2D eigenvalue weighted by Gasteiger charge is 2.10. The van der Waals surface area contributed by atoms with Crippen molar-refractivity contribution in [1.29, 1.82) is 0 Å². The van der Waals surface area contributed by atoms with E-state index in [1.807, 2.05) is 6.92 Å². The summed E-state index contributed by atoms with van der Waals surface area (Å²) in [4.78, 5) is 36.6. The van der Waals surface area contributed by atoms with E-state index < -0.39 is 11.2 Å². The Labute approximate surface area is 104 Å². The monoisotopic (exact) mass is 254 g/mol. The second kappa shape index (κ2) is 6.15. The summed E-state index contributed by atoms with van der Waals surface area (Å²) in [6.45, 7) is 2.68. The standard InChI is InChI=1S/C11H18N4O3/c1-3-13(2)10(17)8-14-6-4-9(16)15(7-5-12)11(14)18/h4,6H,3,5,7-8,12H2,1-2H3. The van der Waals surface area contributed by atoms with Crippen molar-refractivity contribution in [3.63, 3.8) is 0 Å². The fraction of sp³-hybridized carbons (Fsp3) is 0.545. The zero-order valence-corrected chi connectivity index (χ0v) is 10.6. The maximum absolute atomic E-state index is 11.9. The molecule has 0 aliphatic heterocycles. The van der Waals surface area contributed by atoms with E-state index in [0.29, 0.717) is 6.54 Å². The van der Waals surface area contributed by atoms with Crippen molar-refractivity contribution in [2.75, 3.05) is 20.1 Å². The van der Waals surface area contributed by atoms with Gasteiger partial charge in [-0.15, -0.1) is 0 Å². The van der Waals surface area contributed by atoms with Crippen LogP contribution in [-0.4, -0.2) is 40.1 Å². The molecule has 0 aliphatic carbocycles. The second-order valence-corrected chi connectivity index (χ2v) is 3.91. The number of aromatic nitrogens is 2. The van der Waals surface area contributed by atoms with Gasteiger partial charge in [0.2, 0.25) is 5.91 Å². The number of amides is 1. The van der Waals surface area contributed by atoms with Gasteiger partial charge in [0.05, 0.1) is 0 Å². The normalized spacial score (nSPS) is 10.4. The summed E-state index contributed by atoms with van der Waals surface area (Å²) in [5.74, 6) is -0.183. The molecule has 0 saturated carbocycles. The van der Waals surface area contributed by atoms with Crippen molar-refractivity contribution < 1.29 is 4.79 Å². The van der Waals surface area contributed by atoms with Gasteiger partial charge in [0.1, 0.15) is 6.54 Å². The van der Waals surface area contributed by atoms with Gasteiger partial charge in [-0.1, -0.05) is 0 Å². The third-order valence-electron chi connectivity index (χ3n) is 2.70. The summed E-state index contributed by atoms with van der Waals surface area (Å²) in [6.07, 6.45) is 1.33. The number of hydrogen-bond donors (Lipinski definition) is 1. The van der Waals surface area contributed by atoms with E-state index in [0.717, 1.165) is 4.57 Å². The molecule has 7 heteroatoms. The van der Waals surface area contributed by atoms with Gasteiger partial charge in [-0.3, -0.25) is 18.7 Å². The van der Waals surface area contributed by atoms with Gasteiger partial charge in [0.15, 0.2) is 0 Å². The molecular weight excluding hydrogens is 236 g/mol. The lowest BCUT2D eigenvalue weighted by molar-refractivity contribution is -0.130. The summed E-state index contributed by atoms with van der Waals surface area (Å²) in [5, 5.41) is 0. The van der Waals surface area contributed by atoms with Gasteiger partial charge < -0.3 is 10.6 Å². The van der Waals surface area contributed by atoms with Crippen molar-refractivity contribution in [3.8, 4) is 0 Å². The van der Waals surface area contributed by atoms with Crippen LogP contribution in [0.1, 0.15) is 6.92 Å². The van der Waals surface area contributed by atoms with Gasteiger partial charge in [-0.05, 0) is 6.92 Å². The van der Waals surface area contributed by atoms with Crippen LogP contribution in [0.25, 0.3) is 0 Å². The minimum absolute atomic E-state index is 0.0754. The number of likely N-dealkylation sites (N-methyl/N-ethyl adjacent to an activating group) is 1. The molecule has 1 aromatic heterocycles. The lowest BCUT2D eigenvalue weighted by Crippen LogP contribution is -2.43. The predicted octanol–water partition coefficient (Wildman–Crippen LogP) is -1.55. The first kappa shape index (κ1) is 14.2. The summed E-state index contributed by atoms with van der Waals surface area (Å²) in [6, 6.07) is 1.26. The fourth-order valence-electron chi connectivity index (χ4n) is 1.45. The zero-order chi connectivity index (χ0) is 13.7. The smallest absolute Gasteiger partial charge is 0.331 e. The second-order valence-electron chi connectivity index (χ2n) is 3.91. The molecule has 2 N–H and O–H groups in total. The molecule has 0 radical (unpaired) electrons. The number of hydrogen-bond acceptors (Lipinski definition) is 4. The molecule has 0 saturated heterocycles. The third-order valence-corrected chi connectivity index (χ3v) is 2.70. The molecule has 1 amide bonds. The average Bonchev–Trinajstić information content (AvgIpc) is 2.36. The third kappa shape index (κ3) is 3.07. The van der Waals surface area contributed by atoms with Crippen LogP contribution in [0.5, 0.6) is 0 Å². The largest absolute Gasteiger partial charge is 0.344 e. The predicted molar refractivity (Wildman–Crippen MR) is 67.3 cm³/mol. The summed E-state index contributed by atoms with van der Waals surface area (Å²) >= 11 is 0. The van der Waals surface area contributed by atoms with Gasteiger partial charge in [0.25, 0.3) is 5.56 Å². The molecule has 0 bridgehead atoms. The van der Waals surface area contributed by atoms with E-state index in [2.05, 4.69) is 0 Å². The molecule has 100 valence electrons. The van der Waals surface area contributed by atoms with Crippen molar-refractivity contribution >= 4 is 5.91 Å². The molecule has 1 rings (SSSR count). The molecule has 7 nitrogen and oxygen atoms in total. The molecule has 0 fully saturated rings. The Bertz CT molecular complexity index is 532. The Hall–Kier alpha value is -1.89. The zero-order valence-electron chi connectivity index (χ0n) is 10.6. The number of nitrogens with two attached hydrogens (primary N) is 1. The number of carbonyl (C=O) groups is 1. The number of rotatable bonds is 5. The van der Waals surface area contributed by atoms with Crippen molar-refractivity contribution in [3.05, 3.63) is 33.1 Å². The van der Waals surface area contributed by atoms with Gasteiger partial charge >= 0.3 is 5.69 Å². The summed E-state index contributed by atoms with van der Waals surface area (Å²) in [5.41, 5.74) is 4.42. The lowest BCUT2D eigenvalue weighted by Gasteiger charge is -2.15. The van der Waals surface area contributed by atoms with Crippen LogP contribution in [0.3, 0.4) is 0 Å². The molecule has 0 spiro atoms. The lowest BCUT2D eigenvalue weighted by atomic mass is 10.4. The summed E-state index contributed by atoms with van der Waals surface area (Å²) in [7, 11) is 1.66. The van der Waals surface area contributed by atoms with Crippen LogP contribution in [0.15, 0.2) is 21.9 Å². The Balaban J connectivity index is 3.05. The van der Waals surface area contributed by atoms with E-state index >= 15 is 0 Å². The maximum atomic E-state index is 11.9. The molecule has 0 unspecified atom stereocenters. The van der Waals surface area contributed by atoms with E-state index in [-0.39, 0.29) is 25.5 Å². The van der Waals surface area contributed by atoms with E-state index in [1.54, 1.807) is 7.05 Å². The average molecular weight is 254 g/mol. The number of carbonyl (C=O) groups excluding carboxylic acids is 1. The van der Waals surface area contributed by atoms with Gasteiger partial charge in [-0.2, -0.15) is 0 Å². The quantitative estimate of drug-likeness (QED) is 0.688. The highest BCUT2D eigenvalue weighted by atomic mass is 16.2. The first-order valence-electron chi connectivity index (χ1n) is 5.75. The fourth-order valence-corrected chi connectivity index (χ4v) is 1.45. The highest BCUT2D eigenvalue weighted by molar-refractivity contribution is 5.75. The van der Waals surface area contributed by atoms with Crippen molar-refractivity contribution in [2.24, 2.45) is 5.73 Å². The van der Waals surface area contributed by atoms with Crippen LogP contribution in [0.4, 0.5) is 0 Å². The summed E-state index contributed by atoms with van der Waals surface area (Å²) < 4.78 is 2.24. The minimum Gasteiger partial charge on any atom is -0.344 e. The molecule has 1 aromatic rings. The minimum atomic E-state index is -0.509. The number of nitrogens with zero attached hydrogens (tertiary/aromatic N) is 3. The maximum Gasteiger partial charge on any atom is 0.331 e. The van der Waals surface area contributed by atoms with Crippen LogP contribution in [0.2, 0.25) is 0 Å². The molecule has 0 aromatic carbocycles. The van der Waals surface area contributed by atoms with Crippen LogP contribution >= 0.6 is 0 Å². The molecular formula is C11H18N4O3. The topological polar surface area (TPSA) is 90.3 Å². The van der Waals surface area contributed by atoms with Crippen molar-refractivity contribution in [2.45, 2.75) is 20.0 Å². The SMILES string of the molecule is CCN(C)C(=O)Cn1ccc(=O)n(CCN)c1=O. The Morgan fingerprint density at radius 3 is 2.67 bits per heavy atom. The first-order chi connectivity index (χ1) is 8.51. The molecule has 18 heavy (non-hydrogen) atoms. The molecule has 0 atom stereocenters. The van der Waals surface area contributed by atoms with Crippen LogP contribution in [-0.2, 0) is 17.9 Å². The van der Waals surface area contributed by atoms with E-state index in [1.165, 1.54) is 21.7 Å².